The van der Waals surface area contributed by atoms with Crippen molar-refractivity contribution in [3.8, 4) is 0 Å². The summed E-state index contributed by atoms with van der Waals surface area (Å²) in [5, 5.41) is 0.707. The van der Waals surface area contributed by atoms with Crippen LogP contribution in [-0.2, 0) is 17.8 Å². The van der Waals surface area contributed by atoms with E-state index in [0.29, 0.717) is 11.6 Å². The van der Waals surface area contributed by atoms with Gasteiger partial charge in [-0.2, -0.15) is 0 Å². The molecule has 0 spiro atoms. The van der Waals surface area contributed by atoms with E-state index in [1.54, 1.807) is 7.11 Å². The predicted octanol–water partition coefficient (Wildman–Crippen LogP) is 2.93. The van der Waals surface area contributed by atoms with Gasteiger partial charge in [-0.25, -0.2) is 4.98 Å². The number of halogens is 1. The van der Waals surface area contributed by atoms with E-state index < -0.39 is 0 Å². The summed E-state index contributed by atoms with van der Waals surface area (Å²) in [7, 11) is 1.66. The number of H-pyrrole nitrogens is 1. The zero-order valence-corrected chi connectivity index (χ0v) is 9.56. The van der Waals surface area contributed by atoms with E-state index >= 15 is 0 Å². The molecule has 0 fully saturated rings. The van der Waals surface area contributed by atoms with Crippen LogP contribution in [0.25, 0.3) is 11.0 Å². The Labute approximate surface area is 93.4 Å². The van der Waals surface area contributed by atoms with E-state index in [2.05, 4.69) is 16.9 Å². The van der Waals surface area contributed by atoms with Gasteiger partial charge in [0.2, 0.25) is 0 Å². The molecule has 0 unspecified atom stereocenters. The molecule has 2 aromatic rings. The Morgan fingerprint density at radius 1 is 1.47 bits per heavy atom. The van der Waals surface area contributed by atoms with Gasteiger partial charge in [0, 0.05) is 18.6 Å². The van der Waals surface area contributed by atoms with E-state index in [0.717, 1.165) is 28.8 Å². The Balaban J connectivity index is 2.52. The first-order chi connectivity index (χ1) is 7.24. The summed E-state index contributed by atoms with van der Waals surface area (Å²) in [6, 6.07) is 3.87. The quantitative estimate of drug-likeness (QED) is 0.871. The Morgan fingerprint density at radius 3 is 2.93 bits per heavy atom. The Hall–Kier alpha value is -1.06. The van der Waals surface area contributed by atoms with Crippen LogP contribution in [0.15, 0.2) is 12.1 Å². The summed E-state index contributed by atoms with van der Waals surface area (Å²) in [6.07, 6.45) is 0.895. The molecule has 1 heterocycles. The fourth-order valence-electron chi connectivity index (χ4n) is 1.56. The second-order valence-electron chi connectivity index (χ2n) is 3.43. The van der Waals surface area contributed by atoms with Crippen LogP contribution in [-0.4, -0.2) is 17.1 Å². The molecule has 0 amide bonds. The lowest BCUT2D eigenvalue weighted by molar-refractivity contribution is 0.185. The minimum absolute atomic E-state index is 0.523. The van der Waals surface area contributed by atoms with Crippen LogP contribution in [0.1, 0.15) is 18.3 Å². The number of ether oxygens (including phenoxy) is 1. The summed E-state index contributed by atoms with van der Waals surface area (Å²) >= 11 is 6.10. The van der Waals surface area contributed by atoms with Crippen molar-refractivity contribution in [1.29, 1.82) is 0 Å². The normalized spacial score (nSPS) is 11.1. The maximum absolute atomic E-state index is 6.10. The third-order valence-electron chi connectivity index (χ3n) is 2.33. The average molecular weight is 225 g/mol. The Morgan fingerprint density at radius 2 is 2.27 bits per heavy atom. The number of imidazole rings is 1. The Bertz CT molecular complexity index is 479. The first kappa shape index (κ1) is 10.5. The third kappa shape index (κ3) is 1.98. The molecule has 1 aromatic heterocycles. The van der Waals surface area contributed by atoms with Crippen LogP contribution < -0.4 is 0 Å². The van der Waals surface area contributed by atoms with Crippen molar-refractivity contribution < 1.29 is 4.74 Å². The molecule has 0 saturated carbocycles. The van der Waals surface area contributed by atoms with Gasteiger partial charge in [-0.05, 0) is 17.7 Å². The predicted molar refractivity (Wildman–Crippen MR) is 61.2 cm³/mol. The summed E-state index contributed by atoms with van der Waals surface area (Å²) in [6.45, 7) is 2.59. The number of rotatable bonds is 3. The largest absolute Gasteiger partial charge is 0.380 e. The molecule has 2 rings (SSSR count). The van der Waals surface area contributed by atoms with Crippen molar-refractivity contribution in [3.63, 3.8) is 0 Å². The number of hydrogen-bond donors (Lipinski definition) is 1. The standard InChI is InChI=1S/C11H13ClN2O/c1-3-11-13-9-4-7(6-15-2)8(12)5-10(9)14-11/h4-5H,3,6H2,1-2H3,(H,13,14). The van der Waals surface area contributed by atoms with Crippen LogP contribution in [0, 0.1) is 0 Å². The number of nitrogens with zero attached hydrogens (tertiary/aromatic N) is 1. The van der Waals surface area contributed by atoms with Gasteiger partial charge in [0.05, 0.1) is 17.6 Å². The van der Waals surface area contributed by atoms with Crippen LogP contribution in [0.3, 0.4) is 0 Å². The van der Waals surface area contributed by atoms with Crippen LogP contribution >= 0.6 is 11.6 Å². The molecule has 0 saturated heterocycles. The average Bonchev–Trinajstić information content (AvgIpc) is 2.61. The van der Waals surface area contributed by atoms with Gasteiger partial charge in [-0.3, -0.25) is 0 Å². The van der Waals surface area contributed by atoms with E-state index in [-0.39, 0.29) is 0 Å². The zero-order chi connectivity index (χ0) is 10.8. The monoisotopic (exact) mass is 224 g/mol. The molecule has 4 heteroatoms. The number of benzene rings is 1. The molecule has 0 atom stereocenters. The van der Waals surface area contributed by atoms with Crippen molar-refractivity contribution in [3.05, 3.63) is 28.5 Å². The number of aromatic amines is 1. The minimum Gasteiger partial charge on any atom is -0.380 e. The molecule has 0 aliphatic heterocycles. The topological polar surface area (TPSA) is 37.9 Å². The van der Waals surface area contributed by atoms with Crippen molar-refractivity contribution in [1.82, 2.24) is 9.97 Å². The lowest BCUT2D eigenvalue weighted by Gasteiger charge is -2.01. The summed E-state index contributed by atoms with van der Waals surface area (Å²) in [5.41, 5.74) is 2.91. The molecule has 0 bridgehead atoms. The number of aryl methyl sites for hydroxylation is 1. The highest BCUT2D eigenvalue weighted by Crippen LogP contribution is 2.23. The molecular weight excluding hydrogens is 212 g/mol. The number of aromatic nitrogens is 2. The highest BCUT2D eigenvalue weighted by Gasteiger charge is 2.06. The first-order valence-electron chi connectivity index (χ1n) is 4.90. The fourth-order valence-corrected chi connectivity index (χ4v) is 1.78. The van der Waals surface area contributed by atoms with E-state index in [4.69, 9.17) is 16.3 Å². The van der Waals surface area contributed by atoms with Crippen LogP contribution in [0.5, 0.6) is 0 Å². The fraction of sp³-hybridized carbons (Fsp3) is 0.364. The van der Waals surface area contributed by atoms with E-state index in [1.807, 2.05) is 12.1 Å². The second-order valence-corrected chi connectivity index (χ2v) is 3.84. The molecule has 1 N–H and O–H groups in total. The molecule has 0 aliphatic rings. The molecule has 0 radical (unpaired) electrons. The van der Waals surface area contributed by atoms with Crippen molar-refractivity contribution in [2.75, 3.05) is 7.11 Å². The summed E-state index contributed by atoms with van der Waals surface area (Å²) < 4.78 is 5.07. The van der Waals surface area contributed by atoms with Crippen LogP contribution in [0.2, 0.25) is 5.02 Å². The lowest BCUT2D eigenvalue weighted by Crippen LogP contribution is -1.88. The molecule has 1 aromatic carbocycles. The highest BCUT2D eigenvalue weighted by molar-refractivity contribution is 6.32. The SMILES string of the molecule is CCc1nc2cc(Cl)c(COC)cc2[nH]1. The maximum Gasteiger partial charge on any atom is 0.106 e. The number of methoxy groups -OCH3 is 1. The van der Waals surface area contributed by atoms with Gasteiger partial charge >= 0.3 is 0 Å². The number of nitrogens with one attached hydrogen (secondary N) is 1. The summed E-state index contributed by atoms with van der Waals surface area (Å²) in [5.74, 6) is 0.982. The molecule has 15 heavy (non-hydrogen) atoms. The second kappa shape index (κ2) is 4.21. The van der Waals surface area contributed by atoms with E-state index in [1.165, 1.54) is 0 Å². The van der Waals surface area contributed by atoms with Gasteiger partial charge in [-0.15, -0.1) is 0 Å². The van der Waals surface area contributed by atoms with E-state index in [9.17, 15) is 0 Å². The molecule has 0 aliphatic carbocycles. The molecule has 80 valence electrons. The third-order valence-corrected chi connectivity index (χ3v) is 2.69. The van der Waals surface area contributed by atoms with Crippen molar-refractivity contribution in [2.24, 2.45) is 0 Å². The van der Waals surface area contributed by atoms with Gasteiger partial charge < -0.3 is 9.72 Å². The van der Waals surface area contributed by atoms with Crippen molar-refractivity contribution >= 4 is 22.6 Å². The smallest absolute Gasteiger partial charge is 0.106 e. The molecule has 3 nitrogen and oxygen atoms in total. The van der Waals surface area contributed by atoms with Crippen LogP contribution in [0.4, 0.5) is 0 Å². The number of fused-ring (bicyclic) bond motifs is 1. The van der Waals surface area contributed by atoms with Gasteiger partial charge in [-0.1, -0.05) is 18.5 Å². The summed E-state index contributed by atoms with van der Waals surface area (Å²) in [4.78, 5) is 7.66. The minimum atomic E-state index is 0.523. The van der Waals surface area contributed by atoms with Gasteiger partial charge in [0.25, 0.3) is 0 Å². The zero-order valence-electron chi connectivity index (χ0n) is 8.80. The first-order valence-corrected chi connectivity index (χ1v) is 5.28. The maximum atomic E-state index is 6.10. The lowest BCUT2D eigenvalue weighted by atomic mass is 10.2. The highest BCUT2D eigenvalue weighted by atomic mass is 35.5. The number of hydrogen-bond acceptors (Lipinski definition) is 2. The van der Waals surface area contributed by atoms with Gasteiger partial charge in [0.15, 0.2) is 0 Å². The van der Waals surface area contributed by atoms with Crippen molar-refractivity contribution in [2.45, 2.75) is 20.0 Å². The Kier molecular flexibility index (Phi) is 2.93. The van der Waals surface area contributed by atoms with Gasteiger partial charge in [0.1, 0.15) is 5.82 Å². The molecular formula is C11H13ClN2O.